The summed E-state index contributed by atoms with van der Waals surface area (Å²) < 4.78 is 5.01. The van der Waals surface area contributed by atoms with Gasteiger partial charge in [-0.05, 0) is 6.42 Å². The topological polar surface area (TPSA) is 12.5 Å². The van der Waals surface area contributed by atoms with Crippen molar-refractivity contribution >= 4 is 15.9 Å². The first kappa shape index (κ1) is 5.57. The van der Waals surface area contributed by atoms with Gasteiger partial charge in [-0.25, -0.2) is 0 Å². The molecule has 0 saturated carbocycles. The van der Waals surface area contributed by atoms with Crippen molar-refractivity contribution in [3.05, 3.63) is 0 Å². The average molecular weight is 165 g/mol. The van der Waals surface area contributed by atoms with Crippen molar-refractivity contribution in [2.45, 2.75) is 24.3 Å². The smallest absolute Gasteiger partial charge is 0.0934 e. The Morgan fingerprint density at radius 3 is 2.71 bits per heavy atom. The highest BCUT2D eigenvalue weighted by Gasteiger charge is 2.28. The van der Waals surface area contributed by atoms with Gasteiger partial charge in [0.1, 0.15) is 0 Å². The highest BCUT2D eigenvalue weighted by atomic mass is 79.9. The first-order valence-corrected chi connectivity index (χ1v) is 3.52. The fourth-order valence-corrected chi connectivity index (χ4v) is 0.832. The third-order valence-electron chi connectivity index (χ3n) is 1.15. The summed E-state index contributed by atoms with van der Waals surface area (Å²) in [5, 5.41) is 0. The standard InChI is InChI=1S/C5H9BrO/c1-2-4(6)5-3-7-5/h4-5H,2-3H2,1H3. The van der Waals surface area contributed by atoms with E-state index in [2.05, 4.69) is 22.9 Å². The summed E-state index contributed by atoms with van der Waals surface area (Å²) in [7, 11) is 0. The Morgan fingerprint density at radius 1 is 2.00 bits per heavy atom. The lowest BCUT2D eigenvalue weighted by molar-refractivity contribution is 0.402. The summed E-state index contributed by atoms with van der Waals surface area (Å²) in [5.74, 6) is 0. The second kappa shape index (κ2) is 2.14. The van der Waals surface area contributed by atoms with Gasteiger partial charge < -0.3 is 4.74 Å². The molecule has 0 aromatic heterocycles. The molecule has 2 unspecified atom stereocenters. The van der Waals surface area contributed by atoms with Crippen LogP contribution < -0.4 is 0 Å². The Labute approximate surface area is 52.2 Å². The molecule has 2 heteroatoms. The van der Waals surface area contributed by atoms with Gasteiger partial charge in [-0.2, -0.15) is 0 Å². The van der Waals surface area contributed by atoms with E-state index in [0.29, 0.717) is 10.9 Å². The Bertz CT molecular complexity index is 61.1. The second-order valence-corrected chi connectivity index (χ2v) is 2.97. The van der Waals surface area contributed by atoms with Crippen LogP contribution in [0.2, 0.25) is 0 Å². The molecular formula is C5H9BrO. The number of ether oxygens (including phenoxy) is 1. The molecule has 0 amide bonds. The summed E-state index contributed by atoms with van der Waals surface area (Å²) >= 11 is 3.48. The van der Waals surface area contributed by atoms with Crippen LogP contribution in [0.15, 0.2) is 0 Å². The molecule has 1 rings (SSSR count). The average Bonchev–Trinajstić information content (AvgIpc) is 2.44. The van der Waals surface area contributed by atoms with E-state index < -0.39 is 0 Å². The zero-order valence-electron chi connectivity index (χ0n) is 4.36. The van der Waals surface area contributed by atoms with Crippen LogP contribution >= 0.6 is 15.9 Å². The molecule has 42 valence electrons. The van der Waals surface area contributed by atoms with E-state index in [4.69, 9.17) is 4.74 Å². The minimum absolute atomic E-state index is 0.532. The Morgan fingerprint density at radius 2 is 2.57 bits per heavy atom. The summed E-state index contributed by atoms with van der Waals surface area (Å²) in [6.45, 7) is 3.12. The lowest BCUT2D eigenvalue weighted by Gasteiger charge is -1.96. The van der Waals surface area contributed by atoms with Crippen molar-refractivity contribution in [3.63, 3.8) is 0 Å². The van der Waals surface area contributed by atoms with Crippen molar-refractivity contribution in [1.82, 2.24) is 0 Å². The predicted octanol–water partition coefficient (Wildman–Crippen LogP) is 1.56. The van der Waals surface area contributed by atoms with E-state index in [1.807, 2.05) is 0 Å². The Hall–Kier alpha value is 0.440. The van der Waals surface area contributed by atoms with Gasteiger partial charge >= 0.3 is 0 Å². The van der Waals surface area contributed by atoms with E-state index in [-0.39, 0.29) is 0 Å². The highest BCUT2D eigenvalue weighted by Crippen LogP contribution is 2.22. The summed E-state index contributed by atoms with van der Waals surface area (Å²) in [6, 6.07) is 0. The third-order valence-corrected chi connectivity index (χ3v) is 2.39. The molecule has 0 bridgehead atoms. The number of hydrogen-bond acceptors (Lipinski definition) is 1. The molecule has 1 saturated heterocycles. The maximum absolute atomic E-state index is 5.01. The number of epoxide rings is 1. The van der Waals surface area contributed by atoms with Crippen LogP contribution in [0.1, 0.15) is 13.3 Å². The summed E-state index contributed by atoms with van der Waals surface area (Å²) in [6.07, 6.45) is 1.70. The van der Waals surface area contributed by atoms with E-state index in [1.165, 1.54) is 6.42 Å². The Balaban J connectivity index is 2.10. The minimum Gasteiger partial charge on any atom is -0.372 e. The summed E-state index contributed by atoms with van der Waals surface area (Å²) in [4.78, 5) is 0.604. The van der Waals surface area contributed by atoms with E-state index in [9.17, 15) is 0 Å². The quantitative estimate of drug-likeness (QED) is 0.446. The molecule has 1 aliphatic heterocycles. The van der Waals surface area contributed by atoms with Gasteiger partial charge in [0.2, 0.25) is 0 Å². The van der Waals surface area contributed by atoms with E-state index in [0.717, 1.165) is 6.61 Å². The molecule has 2 atom stereocenters. The molecule has 0 aromatic carbocycles. The zero-order valence-corrected chi connectivity index (χ0v) is 5.94. The lowest BCUT2D eigenvalue weighted by atomic mass is 10.3. The molecule has 1 heterocycles. The molecule has 0 aliphatic carbocycles. The predicted molar refractivity (Wildman–Crippen MR) is 32.7 cm³/mol. The van der Waals surface area contributed by atoms with Crippen LogP contribution in [0.25, 0.3) is 0 Å². The van der Waals surface area contributed by atoms with Gasteiger partial charge in [-0.15, -0.1) is 0 Å². The van der Waals surface area contributed by atoms with Gasteiger partial charge in [0.05, 0.1) is 12.7 Å². The van der Waals surface area contributed by atoms with Crippen LogP contribution in [0.5, 0.6) is 0 Å². The fraction of sp³-hybridized carbons (Fsp3) is 1.00. The van der Waals surface area contributed by atoms with Crippen molar-refractivity contribution in [2.24, 2.45) is 0 Å². The van der Waals surface area contributed by atoms with Gasteiger partial charge in [-0.3, -0.25) is 0 Å². The number of alkyl halides is 1. The number of hydrogen-bond donors (Lipinski definition) is 0. The van der Waals surface area contributed by atoms with Crippen molar-refractivity contribution in [3.8, 4) is 0 Å². The fourth-order valence-electron chi connectivity index (χ4n) is 0.527. The largest absolute Gasteiger partial charge is 0.372 e. The van der Waals surface area contributed by atoms with Crippen LogP contribution in [0.3, 0.4) is 0 Å². The minimum atomic E-state index is 0.532. The van der Waals surface area contributed by atoms with Crippen molar-refractivity contribution in [2.75, 3.05) is 6.61 Å². The molecule has 0 aromatic rings. The number of halogens is 1. The van der Waals surface area contributed by atoms with Crippen molar-refractivity contribution < 1.29 is 4.74 Å². The van der Waals surface area contributed by atoms with E-state index in [1.54, 1.807) is 0 Å². The molecule has 0 spiro atoms. The van der Waals surface area contributed by atoms with Gasteiger partial charge in [0.25, 0.3) is 0 Å². The first-order chi connectivity index (χ1) is 3.34. The monoisotopic (exact) mass is 164 g/mol. The van der Waals surface area contributed by atoms with Crippen LogP contribution in [0.4, 0.5) is 0 Å². The molecule has 1 aliphatic rings. The molecule has 1 fully saturated rings. The third kappa shape index (κ3) is 1.42. The van der Waals surface area contributed by atoms with Crippen molar-refractivity contribution in [1.29, 1.82) is 0 Å². The maximum atomic E-state index is 5.01. The van der Waals surface area contributed by atoms with Gasteiger partial charge in [0.15, 0.2) is 0 Å². The molecule has 0 radical (unpaired) electrons. The Kier molecular flexibility index (Phi) is 1.70. The lowest BCUT2D eigenvalue weighted by Crippen LogP contribution is -2.02. The maximum Gasteiger partial charge on any atom is 0.0934 e. The molecular weight excluding hydrogens is 156 g/mol. The zero-order chi connectivity index (χ0) is 5.28. The number of rotatable bonds is 2. The SMILES string of the molecule is CCC(Br)C1CO1. The first-order valence-electron chi connectivity index (χ1n) is 2.60. The molecule has 0 N–H and O–H groups in total. The highest BCUT2D eigenvalue weighted by molar-refractivity contribution is 9.09. The van der Waals surface area contributed by atoms with Gasteiger partial charge in [0, 0.05) is 4.83 Å². The van der Waals surface area contributed by atoms with Gasteiger partial charge in [-0.1, -0.05) is 22.9 Å². The van der Waals surface area contributed by atoms with E-state index >= 15 is 0 Å². The molecule has 7 heavy (non-hydrogen) atoms. The van der Waals surface area contributed by atoms with Crippen LogP contribution in [-0.2, 0) is 4.74 Å². The van der Waals surface area contributed by atoms with Crippen LogP contribution in [0, 0.1) is 0 Å². The van der Waals surface area contributed by atoms with Crippen LogP contribution in [-0.4, -0.2) is 17.5 Å². The summed E-state index contributed by atoms with van der Waals surface area (Å²) in [5.41, 5.74) is 0. The second-order valence-electron chi connectivity index (χ2n) is 1.80. The molecule has 1 nitrogen and oxygen atoms in total. The normalized spacial score (nSPS) is 32.6.